The normalized spacial score (nSPS) is 12.1. The minimum Gasteiger partial charge on any atom is -0.341 e. The van der Waals surface area contributed by atoms with Crippen molar-refractivity contribution in [3.8, 4) is 0 Å². The van der Waals surface area contributed by atoms with Crippen LogP contribution in [0.25, 0.3) is 0 Å². The van der Waals surface area contributed by atoms with Crippen molar-refractivity contribution in [2.45, 2.75) is 64.7 Å². The lowest BCUT2D eigenvalue weighted by molar-refractivity contribution is 0.243. The van der Waals surface area contributed by atoms with Crippen LogP contribution in [-0.4, -0.2) is 19.6 Å². The van der Waals surface area contributed by atoms with Crippen LogP contribution in [0.15, 0.2) is 48.6 Å². The molecule has 0 fully saturated rings. The molecule has 0 bridgehead atoms. The van der Waals surface area contributed by atoms with E-state index < -0.39 is 0 Å². The second-order valence-corrected chi connectivity index (χ2v) is 5.74. The fraction of sp³-hybridized carbons (Fsp3) is 0.571. The van der Waals surface area contributed by atoms with Crippen LogP contribution in [0.4, 0.5) is 4.79 Å². The average Bonchev–Trinajstić information content (AvgIpc) is 2.60. The molecular formula is C21H36N2O. The molecule has 0 radical (unpaired) electrons. The van der Waals surface area contributed by atoms with Crippen molar-refractivity contribution in [1.29, 1.82) is 0 Å². The third-order valence-electron chi connectivity index (χ3n) is 3.52. The SMILES string of the molecule is CCCCC/C=C\C/C=C\C/C=C\C/C=C\CCCNC(=O)NC. The van der Waals surface area contributed by atoms with Gasteiger partial charge in [0.05, 0.1) is 0 Å². The number of urea groups is 1. The van der Waals surface area contributed by atoms with Gasteiger partial charge in [-0.1, -0.05) is 68.4 Å². The fourth-order valence-electron chi connectivity index (χ4n) is 2.07. The highest BCUT2D eigenvalue weighted by Gasteiger charge is 1.91. The maximum atomic E-state index is 10.9. The zero-order valence-corrected chi connectivity index (χ0v) is 15.6. The first kappa shape index (κ1) is 22.2. The maximum absolute atomic E-state index is 10.9. The molecule has 0 saturated heterocycles. The van der Waals surface area contributed by atoms with Crippen molar-refractivity contribution in [1.82, 2.24) is 10.6 Å². The number of amides is 2. The zero-order valence-electron chi connectivity index (χ0n) is 15.6. The summed E-state index contributed by atoms with van der Waals surface area (Å²) in [5.74, 6) is 0. The number of carbonyl (C=O) groups is 1. The molecule has 0 aromatic rings. The summed E-state index contributed by atoms with van der Waals surface area (Å²) >= 11 is 0. The minimum atomic E-state index is -0.109. The van der Waals surface area contributed by atoms with Crippen molar-refractivity contribution in [3.63, 3.8) is 0 Å². The Labute approximate surface area is 149 Å². The van der Waals surface area contributed by atoms with Crippen LogP contribution in [-0.2, 0) is 0 Å². The van der Waals surface area contributed by atoms with Crippen molar-refractivity contribution in [3.05, 3.63) is 48.6 Å². The van der Waals surface area contributed by atoms with Crippen LogP contribution in [0.1, 0.15) is 64.7 Å². The monoisotopic (exact) mass is 332 g/mol. The molecule has 3 heteroatoms. The first-order valence-electron chi connectivity index (χ1n) is 9.36. The first-order valence-corrected chi connectivity index (χ1v) is 9.36. The molecule has 0 atom stereocenters. The van der Waals surface area contributed by atoms with Gasteiger partial charge in [0.1, 0.15) is 0 Å². The van der Waals surface area contributed by atoms with Gasteiger partial charge in [0.25, 0.3) is 0 Å². The predicted octanol–water partition coefficient (Wildman–Crippen LogP) is 5.67. The van der Waals surface area contributed by atoms with E-state index in [1.54, 1.807) is 7.05 Å². The van der Waals surface area contributed by atoms with Crippen molar-refractivity contribution >= 4 is 6.03 Å². The van der Waals surface area contributed by atoms with Crippen molar-refractivity contribution < 1.29 is 4.79 Å². The van der Waals surface area contributed by atoms with Gasteiger partial charge in [0, 0.05) is 13.6 Å². The van der Waals surface area contributed by atoms with Crippen LogP contribution in [0.5, 0.6) is 0 Å². The molecule has 0 heterocycles. The molecule has 0 spiro atoms. The molecule has 136 valence electrons. The quantitative estimate of drug-likeness (QED) is 0.312. The lowest BCUT2D eigenvalue weighted by atomic mass is 10.2. The van der Waals surface area contributed by atoms with E-state index in [2.05, 4.69) is 66.2 Å². The summed E-state index contributed by atoms with van der Waals surface area (Å²) in [7, 11) is 1.63. The van der Waals surface area contributed by atoms with Crippen molar-refractivity contribution in [2.75, 3.05) is 13.6 Å². The van der Waals surface area contributed by atoms with Gasteiger partial charge in [0.2, 0.25) is 0 Å². The van der Waals surface area contributed by atoms with Gasteiger partial charge in [-0.15, -0.1) is 0 Å². The average molecular weight is 333 g/mol. The molecule has 3 nitrogen and oxygen atoms in total. The zero-order chi connectivity index (χ0) is 17.7. The highest BCUT2D eigenvalue weighted by Crippen LogP contribution is 2.01. The number of rotatable bonds is 14. The third kappa shape index (κ3) is 18.3. The Morgan fingerprint density at radius 3 is 1.75 bits per heavy atom. The van der Waals surface area contributed by atoms with E-state index in [1.165, 1.54) is 25.7 Å². The van der Waals surface area contributed by atoms with Gasteiger partial charge < -0.3 is 10.6 Å². The lowest BCUT2D eigenvalue weighted by Gasteiger charge is -2.01. The topological polar surface area (TPSA) is 41.1 Å². The highest BCUT2D eigenvalue weighted by atomic mass is 16.2. The Morgan fingerprint density at radius 2 is 1.25 bits per heavy atom. The number of unbranched alkanes of at least 4 members (excludes halogenated alkanes) is 4. The number of hydrogen-bond acceptors (Lipinski definition) is 1. The lowest BCUT2D eigenvalue weighted by Crippen LogP contribution is -2.33. The van der Waals surface area contributed by atoms with Gasteiger partial charge in [-0.2, -0.15) is 0 Å². The Kier molecular flexibility index (Phi) is 17.9. The van der Waals surface area contributed by atoms with E-state index in [0.29, 0.717) is 0 Å². The number of carbonyl (C=O) groups excluding carboxylic acids is 1. The van der Waals surface area contributed by atoms with Gasteiger partial charge >= 0.3 is 6.03 Å². The van der Waals surface area contributed by atoms with E-state index in [9.17, 15) is 4.79 Å². The number of allylic oxidation sites excluding steroid dienone is 8. The van der Waals surface area contributed by atoms with Gasteiger partial charge in [-0.3, -0.25) is 0 Å². The molecule has 2 amide bonds. The third-order valence-corrected chi connectivity index (χ3v) is 3.52. The number of nitrogens with one attached hydrogen (secondary N) is 2. The Balaban J connectivity index is 3.40. The summed E-state index contributed by atoms with van der Waals surface area (Å²) in [6.45, 7) is 2.96. The van der Waals surface area contributed by atoms with Gasteiger partial charge in [-0.25, -0.2) is 4.79 Å². The molecule has 0 aliphatic heterocycles. The molecule has 0 aromatic heterocycles. The summed E-state index contributed by atoms with van der Waals surface area (Å²) in [5, 5.41) is 5.31. The Bertz CT molecular complexity index is 395. The fourth-order valence-corrected chi connectivity index (χ4v) is 2.07. The van der Waals surface area contributed by atoms with E-state index in [1.807, 2.05) is 0 Å². The summed E-state index contributed by atoms with van der Waals surface area (Å²) < 4.78 is 0. The van der Waals surface area contributed by atoms with Crippen LogP contribution in [0, 0.1) is 0 Å². The summed E-state index contributed by atoms with van der Waals surface area (Å²) in [6.07, 6.45) is 28.0. The number of hydrogen-bond donors (Lipinski definition) is 2. The van der Waals surface area contributed by atoms with Crippen LogP contribution >= 0.6 is 0 Å². The smallest absolute Gasteiger partial charge is 0.314 e. The second-order valence-electron chi connectivity index (χ2n) is 5.74. The molecule has 0 rings (SSSR count). The Hall–Kier alpha value is -1.77. The summed E-state index contributed by atoms with van der Waals surface area (Å²) in [4.78, 5) is 10.9. The van der Waals surface area contributed by atoms with Crippen LogP contribution in [0.2, 0.25) is 0 Å². The summed E-state index contributed by atoms with van der Waals surface area (Å²) in [6, 6.07) is -0.109. The molecule has 2 N–H and O–H groups in total. The molecule has 0 aliphatic carbocycles. The highest BCUT2D eigenvalue weighted by molar-refractivity contribution is 5.73. The van der Waals surface area contributed by atoms with Crippen LogP contribution in [0.3, 0.4) is 0 Å². The molecular weight excluding hydrogens is 296 g/mol. The Morgan fingerprint density at radius 1 is 0.750 bits per heavy atom. The minimum absolute atomic E-state index is 0.109. The summed E-state index contributed by atoms with van der Waals surface area (Å²) in [5.41, 5.74) is 0. The van der Waals surface area contributed by atoms with E-state index in [0.717, 1.165) is 38.6 Å². The first-order chi connectivity index (χ1) is 11.8. The van der Waals surface area contributed by atoms with Gasteiger partial charge in [-0.05, 0) is 44.9 Å². The molecule has 0 aromatic carbocycles. The van der Waals surface area contributed by atoms with Crippen molar-refractivity contribution in [2.24, 2.45) is 0 Å². The molecule has 0 saturated carbocycles. The van der Waals surface area contributed by atoms with E-state index >= 15 is 0 Å². The standard InChI is InChI=1S/C21H36N2O/c1-3-4-5-6-7-8-9-10-11-12-13-14-15-16-17-18-19-20-23-21(24)22-2/h7-8,10-11,13-14,16-17H,3-6,9,12,15,18-20H2,1-2H3,(H2,22,23,24)/b8-7-,11-10-,14-13-,17-16-. The van der Waals surface area contributed by atoms with E-state index in [-0.39, 0.29) is 6.03 Å². The second kappa shape index (κ2) is 19.3. The van der Waals surface area contributed by atoms with Crippen LogP contribution < -0.4 is 10.6 Å². The largest absolute Gasteiger partial charge is 0.341 e. The molecule has 24 heavy (non-hydrogen) atoms. The molecule has 0 aliphatic rings. The maximum Gasteiger partial charge on any atom is 0.314 e. The molecule has 0 unspecified atom stereocenters. The predicted molar refractivity (Wildman–Crippen MR) is 106 cm³/mol. The van der Waals surface area contributed by atoms with Gasteiger partial charge in [0.15, 0.2) is 0 Å². The van der Waals surface area contributed by atoms with E-state index in [4.69, 9.17) is 0 Å².